The van der Waals surface area contributed by atoms with E-state index in [-0.39, 0.29) is 6.54 Å². The number of aliphatic imine (C=N–C) groups is 1. The smallest absolute Gasteiger partial charge is 0.357 e. The third kappa shape index (κ3) is 5.66. The molecule has 1 saturated heterocycles. The van der Waals surface area contributed by atoms with Crippen LogP contribution in [0.2, 0.25) is 0 Å². The van der Waals surface area contributed by atoms with Crippen molar-refractivity contribution in [2.75, 3.05) is 39.8 Å². The van der Waals surface area contributed by atoms with Gasteiger partial charge in [-0.25, -0.2) is 4.99 Å². The average Bonchev–Trinajstić information content (AvgIpc) is 2.85. The van der Waals surface area contributed by atoms with Crippen molar-refractivity contribution in [3.8, 4) is 0 Å². The van der Waals surface area contributed by atoms with Crippen LogP contribution >= 0.6 is 0 Å². The van der Waals surface area contributed by atoms with E-state index in [1.807, 2.05) is 11.8 Å². The molecule has 116 valence electrons. The van der Waals surface area contributed by atoms with Crippen molar-refractivity contribution in [1.29, 1.82) is 0 Å². The number of carbonyl (C=O) groups is 1. The van der Waals surface area contributed by atoms with Gasteiger partial charge < -0.3 is 15.1 Å². The zero-order valence-electron chi connectivity index (χ0n) is 11.8. The topological polar surface area (TPSA) is 47.9 Å². The van der Waals surface area contributed by atoms with Crippen LogP contribution in [0.25, 0.3) is 0 Å². The Kier molecular flexibility index (Phi) is 6.09. The molecule has 1 amide bonds. The summed E-state index contributed by atoms with van der Waals surface area (Å²) in [6, 6.07) is 0. The molecule has 5 nitrogen and oxygen atoms in total. The summed E-state index contributed by atoms with van der Waals surface area (Å²) >= 11 is 0. The molecule has 0 aliphatic carbocycles. The maximum Gasteiger partial charge on any atom is 0.406 e. The largest absolute Gasteiger partial charge is 0.406 e. The molecule has 1 aliphatic heterocycles. The Labute approximate surface area is 116 Å². The predicted molar refractivity (Wildman–Crippen MR) is 70.5 cm³/mol. The van der Waals surface area contributed by atoms with Crippen LogP contribution in [0.15, 0.2) is 4.99 Å². The first-order valence-electron chi connectivity index (χ1n) is 6.67. The quantitative estimate of drug-likeness (QED) is 0.623. The lowest BCUT2D eigenvalue weighted by molar-refractivity contribution is -0.157. The number of alkyl halides is 3. The Balaban J connectivity index is 2.55. The van der Waals surface area contributed by atoms with E-state index < -0.39 is 18.6 Å². The Morgan fingerprint density at radius 1 is 1.35 bits per heavy atom. The number of amides is 1. The maximum atomic E-state index is 12.2. The first kappa shape index (κ1) is 16.6. The first-order chi connectivity index (χ1) is 9.33. The highest BCUT2D eigenvalue weighted by Crippen LogP contribution is 2.15. The molecule has 0 aromatic rings. The number of guanidine groups is 1. The van der Waals surface area contributed by atoms with Crippen molar-refractivity contribution >= 4 is 11.9 Å². The molecule has 0 atom stereocenters. The van der Waals surface area contributed by atoms with Gasteiger partial charge in [0.25, 0.3) is 0 Å². The maximum absolute atomic E-state index is 12.2. The van der Waals surface area contributed by atoms with Crippen LogP contribution in [0, 0.1) is 0 Å². The van der Waals surface area contributed by atoms with Gasteiger partial charge in [-0.15, -0.1) is 0 Å². The number of hydrogen-bond donors (Lipinski definition) is 1. The molecule has 0 aromatic carbocycles. The molecule has 0 saturated carbocycles. The van der Waals surface area contributed by atoms with Gasteiger partial charge in [-0.2, -0.15) is 13.2 Å². The van der Waals surface area contributed by atoms with Crippen LogP contribution in [0.4, 0.5) is 13.2 Å². The zero-order valence-corrected chi connectivity index (χ0v) is 11.8. The molecular formula is C12H21F3N4O. The van der Waals surface area contributed by atoms with E-state index in [1.165, 1.54) is 0 Å². The van der Waals surface area contributed by atoms with Crippen LogP contribution in [0.3, 0.4) is 0 Å². The van der Waals surface area contributed by atoms with E-state index in [2.05, 4.69) is 10.3 Å². The minimum atomic E-state index is -4.38. The van der Waals surface area contributed by atoms with E-state index in [0.717, 1.165) is 33.0 Å². The number of hydrogen-bond acceptors (Lipinski definition) is 2. The fourth-order valence-electron chi connectivity index (χ4n) is 1.98. The van der Waals surface area contributed by atoms with E-state index in [4.69, 9.17) is 0 Å². The van der Waals surface area contributed by atoms with Crippen LogP contribution < -0.4 is 5.32 Å². The lowest BCUT2D eigenvalue weighted by Crippen LogP contribution is -2.41. The van der Waals surface area contributed by atoms with Gasteiger partial charge in [-0.05, 0) is 19.8 Å². The van der Waals surface area contributed by atoms with E-state index in [1.54, 1.807) is 0 Å². The van der Waals surface area contributed by atoms with Crippen molar-refractivity contribution < 1.29 is 18.0 Å². The minimum Gasteiger partial charge on any atom is -0.357 e. The molecular weight excluding hydrogens is 273 g/mol. The van der Waals surface area contributed by atoms with Gasteiger partial charge in [-0.1, -0.05) is 0 Å². The highest BCUT2D eigenvalue weighted by Gasteiger charge is 2.31. The van der Waals surface area contributed by atoms with Crippen molar-refractivity contribution in [1.82, 2.24) is 15.1 Å². The number of carbonyl (C=O) groups excluding carboxylic acids is 1. The Bertz CT molecular complexity index is 351. The average molecular weight is 294 g/mol. The van der Waals surface area contributed by atoms with E-state index in [0.29, 0.717) is 17.4 Å². The second-order valence-corrected chi connectivity index (χ2v) is 4.73. The predicted octanol–water partition coefficient (Wildman–Crippen LogP) is 1.07. The fraction of sp³-hybridized carbons (Fsp3) is 0.833. The molecule has 1 fully saturated rings. The highest BCUT2D eigenvalue weighted by molar-refractivity contribution is 5.85. The molecule has 0 aromatic heterocycles. The van der Waals surface area contributed by atoms with Crippen molar-refractivity contribution in [2.24, 2.45) is 4.99 Å². The normalized spacial score (nSPS) is 16.4. The van der Waals surface area contributed by atoms with Crippen LogP contribution in [-0.2, 0) is 4.79 Å². The summed E-state index contributed by atoms with van der Waals surface area (Å²) < 4.78 is 36.5. The molecule has 0 unspecified atom stereocenters. The molecule has 1 heterocycles. The van der Waals surface area contributed by atoms with Crippen molar-refractivity contribution in [3.63, 3.8) is 0 Å². The van der Waals surface area contributed by atoms with Crippen molar-refractivity contribution in [3.05, 3.63) is 0 Å². The number of halogens is 3. The Morgan fingerprint density at radius 3 is 2.45 bits per heavy atom. The molecule has 1 rings (SSSR count). The van der Waals surface area contributed by atoms with E-state index in [9.17, 15) is 18.0 Å². The number of nitrogens with zero attached hydrogens (tertiary/aromatic N) is 3. The SMILES string of the molecule is CCNC(=NCC(=O)N(C)CC(F)(F)F)N1CCCC1. The molecule has 1 N–H and O–H groups in total. The van der Waals surface area contributed by atoms with Gasteiger partial charge in [0.15, 0.2) is 5.96 Å². The standard InChI is InChI=1S/C12H21F3N4O/c1-3-16-11(19-6-4-5-7-19)17-8-10(20)18(2)9-12(13,14)15/h3-9H2,1-2H3,(H,16,17). The summed E-state index contributed by atoms with van der Waals surface area (Å²) in [5.41, 5.74) is 0. The molecule has 0 bridgehead atoms. The minimum absolute atomic E-state index is 0.272. The molecule has 0 spiro atoms. The van der Waals surface area contributed by atoms with Gasteiger partial charge in [0.1, 0.15) is 13.1 Å². The van der Waals surface area contributed by atoms with Crippen LogP contribution in [0.1, 0.15) is 19.8 Å². The number of likely N-dealkylation sites (tertiary alicyclic amines) is 1. The zero-order chi connectivity index (χ0) is 15.2. The summed E-state index contributed by atoms with van der Waals surface area (Å²) in [6.07, 6.45) is -2.26. The monoisotopic (exact) mass is 294 g/mol. The molecule has 1 aliphatic rings. The lowest BCUT2D eigenvalue weighted by Gasteiger charge is -2.22. The van der Waals surface area contributed by atoms with Crippen LogP contribution in [-0.4, -0.2) is 67.6 Å². The number of likely N-dealkylation sites (N-methyl/N-ethyl adjacent to an activating group) is 1. The summed E-state index contributed by atoms with van der Waals surface area (Å²) in [5.74, 6) is -0.0457. The fourth-order valence-corrected chi connectivity index (χ4v) is 1.98. The molecule has 0 radical (unpaired) electrons. The third-order valence-electron chi connectivity index (χ3n) is 2.95. The van der Waals surface area contributed by atoms with Gasteiger partial charge in [0, 0.05) is 26.7 Å². The number of rotatable bonds is 4. The number of nitrogens with one attached hydrogen (secondary N) is 1. The molecule has 8 heteroatoms. The summed E-state index contributed by atoms with van der Waals surface area (Å²) in [7, 11) is 1.13. The summed E-state index contributed by atoms with van der Waals surface area (Å²) in [6.45, 7) is 2.76. The van der Waals surface area contributed by atoms with E-state index >= 15 is 0 Å². The lowest BCUT2D eigenvalue weighted by atomic mass is 10.4. The second-order valence-electron chi connectivity index (χ2n) is 4.73. The van der Waals surface area contributed by atoms with Gasteiger partial charge in [-0.3, -0.25) is 4.79 Å². The Hall–Kier alpha value is -1.47. The van der Waals surface area contributed by atoms with Crippen LogP contribution in [0.5, 0.6) is 0 Å². The van der Waals surface area contributed by atoms with Gasteiger partial charge in [0.2, 0.25) is 5.91 Å². The van der Waals surface area contributed by atoms with Gasteiger partial charge >= 0.3 is 6.18 Å². The summed E-state index contributed by atoms with van der Waals surface area (Å²) in [4.78, 5) is 18.4. The third-order valence-corrected chi connectivity index (χ3v) is 2.95. The first-order valence-corrected chi connectivity index (χ1v) is 6.67. The van der Waals surface area contributed by atoms with Crippen molar-refractivity contribution in [2.45, 2.75) is 25.9 Å². The Morgan fingerprint density at radius 2 is 1.95 bits per heavy atom. The molecule has 20 heavy (non-hydrogen) atoms. The van der Waals surface area contributed by atoms with Gasteiger partial charge in [0.05, 0.1) is 0 Å². The second kappa shape index (κ2) is 7.35. The highest BCUT2D eigenvalue weighted by atomic mass is 19.4. The summed E-state index contributed by atoms with van der Waals surface area (Å²) in [5, 5.41) is 3.05.